The molecule has 11 aromatic rings. The van der Waals surface area contributed by atoms with E-state index >= 15 is 0 Å². The molecule has 4 aromatic heterocycles. The van der Waals surface area contributed by atoms with Crippen molar-refractivity contribution in [2.75, 3.05) is 9.80 Å². The van der Waals surface area contributed by atoms with Gasteiger partial charge in [-0.3, -0.25) is 8.80 Å². The average molecular weight is 656 g/mol. The molecule has 0 saturated heterocycles. The third-order valence-corrected chi connectivity index (χ3v) is 9.91. The van der Waals surface area contributed by atoms with Gasteiger partial charge in [0, 0.05) is 34.1 Å². The summed E-state index contributed by atoms with van der Waals surface area (Å²) in [6, 6.07) is 61.6. The van der Waals surface area contributed by atoms with Gasteiger partial charge < -0.3 is 9.80 Å². The third kappa shape index (κ3) is 4.06. The van der Waals surface area contributed by atoms with Crippen molar-refractivity contribution >= 4 is 84.3 Å². The summed E-state index contributed by atoms with van der Waals surface area (Å²) in [5, 5.41) is 0. The second-order valence-electron chi connectivity index (χ2n) is 12.8. The van der Waals surface area contributed by atoms with Gasteiger partial charge in [-0.2, -0.15) is 0 Å². The summed E-state index contributed by atoms with van der Waals surface area (Å²) in [5.41, 5.74) is 13.8. The molecule has 4 heterocycles. The van der Waals surface area contributed by atoms with Gasteiger partial charge in [0.15, 0.2) is 0 Å². The van der Waals surface area contributed by atoms with Crippen molar-refractivity contribution in [3.05, 3.63) is 176 Å². The van der Waals surface area contributed by atoms with E-state index in [0.29, 0.717) is 0 Å². The molecule has 7 nitrogen and oxygen atoms in total. The number of hydrogen-bond acceptors (Lipinski definition) is 4. The molecule has 0 aliphatic carbocycles. The molecule has 51 heavy (non-hydrogen) atoms. The van der Waals surface area contributed by atoms with Crippen molar-refractivity contribution in [1.29, 1.82) is 0 Å². The molecular formula is C44H29N7. The van der Waals surface area contributed by atoms with Crippen LogP contribution in [0.15, 0.2) is 176 Å². The Morgan fingerprint density at radius 1 is 0.314 bits per heavy atom. The van der Waals surface area contributed by atoms with Crippen LogP contribution in [0, 0.1) is 0 Å². The van der Waals surface area contributed by atoms with E-state index in [4.69, 9.17) is 9.97 Å². The first-order valence-corrected chi connectivity index (χ1v) is 17.1. The van der Waals surface area contributed by atoms with Gasteiger partial charge in [-0.05, 0) is 97.1 Å². The fraction of sp³-hybridized carbons (Fsp3) is 0. The SMILES string of the molecule is c1ccc(N(c2ccccc2)c2ccc3c(c2)nc2n3c3cccc4c3n2c2nc3cc(N(c5ccccc5)c5ccccc5)ccc3n42)cc1. The zero-order chi connectivity index (χ0) is 33.5. The smallest absolute Gasteiger partial charge is 0.223 e. The fourth-order valence-electron chi connectivity index (χ4n) is 7.77. The second kappa shape index (κ2) is 10.7. The van der Waals surface area contributed by atoms with Gasteiger partial charge in [-0.15, -0.1) is 0 Å². The third-order valence-electron chi connectivity index (χ3n) is 9.91. The monoisotopic (exact) mass is 655 g/mol. The molecule has 0 radical (unpaired) electrons. The topological polar surface area (TPSA) is 45.5 Å². The van der Waals surface area contributed by atoms with Crippen LogP contribution in [-0.4, -0.2) is 23.2 Å². The Labute approximate surface area is 292 Å². The first-order chi connectivity index (χ1) is 25.3. The molecule has 0 atom stereocenters. The Balaban J connectivity index is 1.12. The standard InChI is InChI=1S/C44H29N7/c1-5-14-30(15-6-1)47(31-16-7-2-8-17-31)34-24-26-38-36(28-34)45-43-49(38)40-22-13-23-41-42(40)51(43)44-46-37-29-35(25-27-39(37)50(41)44)48(32-18-9-3-10-19-32)33-20-11-4-12-21-33/h1-29H. The minimum Gasteiger partial charge on any atom is -0.310 e. The molecule has 0 aliphatic rings. The van der Waals surface area contributed by atoms with Gasteiger partial charge in [-0.1, -0.05) is 78.9 Å². The highest BCUT2D eigenvalue weighted by atomic mass is 15.3. The van der Waals surface area contributed by atoms with Crippen LogP contribution in [0.5, 0.6) is 0 Å². The summed E-state index contributed by atoms with van der Waals surface area (Å²) in [7, 11) is 0. The summed E-state index contributed by atoms with van der Waals surface area (Å²) >= 11 is 0. The molecule has 11 rings (SSSR count). The Hall–Kier alpha value is -7.12. The van der Waals surface area contributed by atoms with E-state index in [2.05, 4.69) is 175 Å². The number of imidazole rings is 4. The molecular weight excluding hydrogens is 627 g/mol. The minimum absolute atomic E-state index is 0.847. The number of nitrogens with zero attached hydrogens (tertiary/aromatic N) is 7. The normalized spacial score (nSPS) is 11.9. The lowest BCUT2D eigenvalue weighted by molar-refractivity contribution is 1.15. The number of aromatic nitrogens is 5. The number of benzene rings is 7. The summed E-state index contributed by atoms with van der Waals surface area (Å²) in [6.45, 7) is 0. The zero-order valence-corrected chi connectivity index (χ0v) is 27.4. The first-order valence-electron chi connectivity index (χ1n) is 17.1. The number of rotatable bonds is 6. The van der Waals surface area contributed by atoms with Crippen molar-refractivity contribution in [1.82, 2.24) is 23.2 Å². The van der Waals surface area contributed by atoms with Crippen molar-refractivity contribution < 1.29 is 0 Å². The highest BCUT2D eigenvalue weighted by Gasteiger charge is 2.24. The molecule has 0 N–H and O–H groups in total. The van der Waals surface area contributed by atoms with Gasteiger partial charge in [0.05, 0.1) is 33.1 Å². The van der Waals surface area contributed by atoms with E-state index in [1.54, 1.807) is 0 Å². The molecule has 0 spiro atoms. The maximum absolute atomic E-state index is 5.32. The highest BCUT2D eigenvalue weighted by Crippen LogP contribution is 2.40. The molecule has 0 bridgehead atoms. The van der Waals surface area contributed by atoms with Crippen LogP contribution in [0.2, 0.25) is 0 Å². The lowest BCUT2D eigenvalue weighted by Crippen LogP contribution is -2.09. The lowest BCUT2D eigenvalue weighted by Gasteiger charge is -2.25. The van der Waals surface area contributed by atoms with Crippen molar-refractivity contribution in [3.8, 4) is 0 Å². The van der Waals surface area contributed by atoms with Crippen LogP contribution in [0.3, 0.4) is 0 Å². The molecule has 0 amide bonds. The Kier molecular flexibility index (Phi) is 5.83. The minimum atomic E-state index is 0.847. The first kappa shape index (κ1) is 27.8. The summed E-state index contributed by atoms with van der Waals surface area (Å²) in [5.74, 6) is 1.69. The number of fused-ring (bicyclic) bond motifs is 10. The zero-order valence-electron chi connectivity index (χ0n) is 27.4. The lowest BCUT2D eigenvalue weighted by atomic mass is 10.1. The van der Waals surface area contributed by atoms with E-state index in [-0.39, 0.29) is 0 Å². The van der Waals surface area contributed by atoms with Gasteiger partial charge in [-0.25, -0.2) is 14.4 Å². The van der Waals surface area contributed by atoms with Crippen LogP contribution in [0.25, 0.3) is 50.2 Å². The van der Waals surface area contributed by atoms with Crippen LogP contribution in [0.1, 0.15) is 0 Å². The number of anilines is 6. The second-order valence-corrected chi connectivity index (χ2v) is 12.8. The summed E-state index contributed by atoms with van der Waals surface area (Å²) < 4.78 is 6.77. The molecule has 7 aromatic carbocycles. The van der Waals surface area contributed by atoms with Crippen LogP contribution < -0.4 is 9.80 Å². The predicted molar refractivity (Wildman–Crippen MR) is 208 cm³/mol. The van der Waals surface area contributed by atoms with E-state index in [1.165, 1.54) is 0 Å². The Bertz CT molecular complexity index is 2740. The number of para-hydroxylation sites is 5. The van der Waals surface area contributed by atoms with Gasteiger partial charge >= 0.3 is 0 Å². The van der Waals surface area contributed by atoms with Crippen molar-refractivity contribution in [2.24, 2.45) is 0 Å². The highest BCUT2D eigenvalue weighted by molar-refractivity contribution is 6.04. The maximum Gasteiger partial charge on any atom is 0.223 e. The maximum atomic E-state index is 5.32. The van der Waals surface area contributed by atoms with E-state index < -0.39 is 0 Å². The van der Waals surface area contributed by atoms with Gasteiger partial charge in [0.25, 0.3) is 0 Å². The Morgan fingerprint density at radius 3 is 1.06 bits per heavy atom. The summed E-state index contributed by atoms with van der Waals surface area (Å²) in [4.78, 5) is 15.2. The molecule has 0 unspecified atom stereocenters. The van der Waals surface area contributed by atoms with Gasteiger partial charge in [0.2, 0.25) is 11.6 Å². The van der Waals surface area contributed by atoms with Crippen LogP contribution in [0.4, 0.5) is 34.1 Å². The molecule has 7 heteroatoms. The quantitative estimate of drug-likeness (QED) is 0.179. The molecule has 240 valence electrons. The summed E-state index contributed by atoms with van der Waals surface area (Å²) in [6.07, 6.45) is 0. The van der Waals surface area contributed by atoms with Crippen LogP contribution >= 0.6 is 0 Å². The molecule has 0 aliphatic heterocycles. The Morgan fingerprint density at radius 2 is 0.686 bits per heavy atom. The van der Waals surface area contributed by atoms with Crippen molar-refractivity contribution in [2.45, 2.75) is 0 Å². The fourth-order valence-corrected chi connectivity index (χ4v) is 7.77. The van der Waals surface area contributed by atoms with Gasteiger partial charge in [0.1, 0.15) is 5.52 Å². The van der Waals surface area contributed by atoms with Crippen LogP contribution in [-0.2, 0) is 0 Å². The van der Waals surface area contributed by atoms with E-state index in [1.807, 2.05) is 24.3 Å². The number of hydrogen-bond donors (Lipinski definition) is 0. The average Bonchev–Trinajstić information content (AvgIpc) is 3.92. The van der Waals surface area contributed by atoms with E-state index in [0.717, 1.165) is 84.3 Å². The molecule has 0 fully saturated rings. The predicted octanol–water partition coefficient (Wildman–Crippen LogP) is 11.1. The molecule has 0 saturated carbocycles. The van der Waals surface area contributed by atoms with E-state index in [9.17, 15) is 0 Å². The van der Waals surface area contributed by atoms with Crippen molar-refractivity contribution in [3.63, 3.8) is 0 Å². The largest absolute Gasteiger partial charge is 0.310 e.